The molecule has 0 aliphatic rings. The average Bonchev–Trinajstić information content (AvgIpc) is 3.12. The van der Waals surface area contributed by atoms with Gasteiger partial charge in [-0.15, -0.1) is 0 Å². The monoisotopic (exact) mass is 324 g/mol. The molecule has 0 radical (unpaired) electrons. The minimum atomic E-state index is -0.428. The summed E-state index contributed by atoms with van der Waals surface area (Å²) in [6.45, 7) is 1.78. The Balaban J connectivity index is 1.83. The zero-order valence-corrected chi connectivity index (χ0v) is 13.0. The quantitative estimate of drug-likeness (QED) is 0.552. The van der Waals surface area contributed by atoms with E-state index in [0.717, 1.165) is 16.5 Å². The first-order chi connectivity index (χ1) is 11.6. The van der Waals surface area contributed by atoms with Crippen LogP contribution in [0.5, 0.6) is 0 Å². The molecule has 0 aliphatic carbocycles. The number of nitrogens with one attached hydrogen (secondary N) is 1. The number of nitrogens with two attached hydrogens (primary N) is 1. The number of aromatic nitrogens is 1. The van der Waals surface area contributed by atoms with Gasteiger partial charge < -0.3 is 14.7 Å². The lowest BCUT2D eigenvalue weighted by atomic mass is 10.2. The molecule has 2 aromatic heterocycles. The Morgan fingerprint density at radius 1 is 1.33 bits per heavy atom. The number of hydrazone groups is 1. The van der Waals surface area contributed by atoms with Gasteiger partial charge in [-0.3, -0.25) is 9.59 Å². The van der Waals surface area contributed by atoms with Crippen LogP contribution in [0.2, 0.25) is 0 Å². The number of carbonyl (C=O) groups excluding carboxylic acids is 2. The second-order valence-electron chi connectivity index (χ2n) is 5.29. The molecule has 3 N–H and O–H groups in total. The fraction of sp³-hybridized carbons (Fsp3) is 0.118. The van der Waals surface area contributed by atoms with Crippen LogP contribution in [-0.2, 0) is 11.3 Å². The lowest BCUT2D eigenvalue weighted by Crippen LogP contribution is -2.18. The second-order valence-corrected chi connectivity index (χ2v) is 5.29. The highest BCUT2D eigenvalue weighted by Gasteiger charge is 2.11. The van der Waals surface area contributed by atoms with E-state index >= 15 is 0 Å². The number of aryl methyl sites for hydroxylation is 1. The molecule has 0 fully saturated rings. The molecule has 0 bridgehead atoms. The van der Waals surface area contributed by atoms with Crippen LogP contribution in [-0.4, -0.2) is 22.6 Å². The molecule has 122 valence electrons. The fourth-order valence-corrected chi connectivity index (χ4v) is 2.52. The van der Waals surface area contributed by atoms with Crippen molar-refractivity contribution >= 4 is 28.9 Å². The van der Waals surface area contributed by atoms with Gasteiger partial charge in [-0.25, -0.2) is 5.43 Å². The molecular weight excluding hydrogens is 308 g/mol. The number of benzene rings is 1. The van der Waals surface area contributed by atoms with E-state index < -0.39 is 5.91 Å². The van der Waals surface area contributed by atoms with E-state index in [4.69, 9.17) is 10.2 Å². The number of carbonyl (C=O) groups is 2. The van der Waals surface area contributed by atoms with Gasteiger partial charge in [0.25, 0.3) is 5.91 Å². The van der Waals surface area contributed by atoms with Gasteiger partial charge >= 0.3 is 0 Å². The topological polar surface area (TPSA) is 103 Å². The average molecular weight is 324 g/mol. The Kier molecular flexibility index (Phi) is 4.15. The molecule has 7 heteroatoms. The molecule has 1 aromatic carbocycles. The van der Waals surface area contributed by atoms with Crippen molar-refractivity contribution in [2.24, 2.45) is 10.8 Å². The van der Waals surface area contributed by atoms with E-state index in [1.165, 1.54) is 12.5 Å². The van der Waals surface area contributed by atoms with Crippen LogP contribution in [0, 0.1) is 6.92 Å². The SMILES string of the molecule is Cc1occc1C(=O)N/N=C\c1cn(CC(N)=O)c2ccccc12. The van der Waals surface area contributed by atoms with E-state index in [-0.39, 0.29) is 12.5 Å². The van der Waals surface area contributed by atoms with E-state index in [2.05, 4.69) is 10.5 Å². The van der Waals surface area contributed by atoms with E-state index in [0.29, 0.717) is 11.3 Å². The lowest BCUT2D eigenvalue weighted by Gasteiger charge is -2.00. The van der Waals surface area contributed by atoms with E-state index in [9.17, 15) is 9.59 Å². The largest absolute Gasteiger partial charge is 0.469 e. The summed E-state index contributed by atoms with van der Waals surface area (Å²) in [5, 5.41) is 4.90. The Bertz CT molecular complexity index is 936. The maximum absolute atomic E-state index is 12.0. The number of hydrogen-bond donors (Lipinski definition) is 2. The molecule has 0 spiro atoms. The summed E-state index contributed by atoms with van der Waals surface area (Å²) in [5.41, 5.74) is 9.81. The molecule has 2 amide bonds. The summed E-state index contributed by atoms with van der Waals surface area (Å²) in [6.07, 6.45) is 4.76. The van der Waals surface area contributed by atoms with Crippen LogP contribution in [0.25, 0.3) is 10.9 Å². The molecule has 0 unspecified atom stereocenters. The third-order valence-corrected chi connectivity index (χ3v) is 3.62. The number of fused-ring (bicyclic) bond motifs is 1. The van der Waals surface area contributed by atoms with Gasteiger partial charge in [0.05, 0.1) is 18.0 Å². The van der Waals surface area contributed by atoms with Crippen LogP contribution >= 0.6 is 0 Å². The first kappa shape index (κ1) is 15.5. The molecule has 7 nitrogen and oxygen atoms in total. The van der Waals surface area contributed by atoms with Gasteiger partial charge in [0.15, 0.2) is 0 Å². The Morgan fingerprint density at radius 3 is 2.83 bits per heavy atom. The van der Waals surface area contributed by atoms with Crippen LogP contribution in [0.4, 0.5) is 0 Å². The zero-order valence-electron chi connectivity index (χ0n) is 13.0. The molecule has 0 saturated heterocycles. The normalized spacial score (nSPS) is 11.2. The highest BCUT2D eigenvalue weighted by Crippen LogP contribution is 2.19. The standard InChI is InChI=1S/C17H16N4O3/c1-11-13(6-7-24-11)17(23)20-19-8-12-9-21(10-16(18)22)15-5-3-2-4-14(12)15/h2-9H,10H2,1H3,(H2,18,22)(H,20,23)/b19-8-. The van der Waals surface area contributed by atoms with Crippen molar-refractivity contribution in [2.45, 2.75) is 13.5 Å². The van der Waals surface area contributed by atoms with Gasteiger partial charge in [-0.2, -0.15) is 5.10 Å². The number of furan rings is 1. The van der Waals surface area contributed by atoms with Crippen LogP contribution in [0.15, 0.2) is 52.3 Å². The molecule has 0 saturated carbocycles. The van der Waals surface area contributed by atoms with E-state index in [1.807, 2.05) is 24.3 Å². The zero-order chi connectivity index (χ0) is 17.1. The first-order valence-corrected chi connectivity index (χ1v) is 7.30. The summed E-state index contributed by atoms with van der Waals surface area (Å²) in [7, 11) is 0. The summed E-state index contributed by atoms with van der Waals surface area (Å²) >= 11 is 0. The number of para-hydroxylation sites is 1. The first-order valence-electron chi connectivity index (χ1n) is 7.30. The number of hydrogen-bond acceptors (Lipinski definition) is 4. The smallest absolute Gasteiger partial charge is 0.274 e. The summed E-state index contributed by atoms with van der Waals surface area (Å²) < 4.78 is 6.84. The van der Waals surface area contributed by atoms with Crippen LogP contribution in [0.3, 0.4) is 0 Å². The van der Waals surface area contributed by atoms with Gasteiger partial charge in [-0.05, 0) is 19.1 Å². The van der Waals surface area contributed by atoms with Crippen molar-refractivity contribution in [3.05, 3.63) is 59.7 Å². The van der Waals surface area contributed by atoms with Crippen LogP contribution < -0.4 is 11.2 Å². The van der Waals surface area contributed by atoms with Crippen LogP contribution in [0.1, 0.15) is 21.7 Å². The van der Waals surface area contributed by atoms with Crippen molar-refractivity contribution in [2.75, 3.05) is 0 Å². The Hall–Kier alpha value is -3.35. The van der Waals surface area contributed by atoms with Crippen molar-refractivity contribution in [1.82, 2.24) is 9.99 Å². The third-order valence-electron chi connectivity index (χ3n) is 3.62. The van der Waals surface area contributed by atoms with Crippen molar-refractivity contribution in [3.63, 3.8) is 0 Å². The maximum Gasteiger partial charge on any atom is 0.274 e. The minimum absolute atomic E-state index is 0.0783. The lowest BCUT2D eigenvalue weighted by molar-refractivity contribution is -0.118. The molecule has 0 aliphatic heterocycles. The predicted octanol–water partition coefficient (Wildman–Crippen LogP) is 1.79. The number of primary amides is 1. The molecule has 3 rings (SSSR count). The number of amides is 2. The van der Waals surface area contributed by atoms with E-state index in [1.54, 1.807) is 23.8 Å². The predicted molar refractivity (Wildman–Crippen MR) is 89.6 cm³/mol. The summed E-state index contributed by atoms with van der Waals surface area (Å²) in [5.74, 6) is -0.248. The van der Waals surface area contributed by atoms with Gasteiger partial charge in [0.2, 0.25) is 5.91 Å². The van der Waals surface area contributed by atoms with Gasteiger partial charge in [0.1, 0.15) is 12.3 Å². The molecule has 2 heterocycles. The molecule has 0 atom stereocenters. The highest BCUT2D eigenvalue weighted by atomic mass is 16.3. The van der Waals surface area contributed by atoms with Gasteiger partial charge in [0, 0.05) is 22.7 Å². The Labute approximate surface area is 137 Å². The molecule has 24 heavy (non-hydrogen) atoms. The summed E-state index contributed by atoms with van der Waals surface area (Å²) in [4.78, 5) is 23.2. The van der Waals surface area contributed by atoms with Crippen molar-refractivity contribution in [3.8, 4) is 0 Å². The summed E-state index contributed by atoms with van der Waals surface area (Å²) in [6, 6.07) is 9.16. The number of rotatable bonds is 5. The number of nitrogens with zero attached hydrogens (tertiary/aromatic N) is 2. The maximum atomic E-state index is 12.0. The van der Waals surface area contributed by atoms with Crippen molar-refractivity contribution < 1.29 is 14.0 Å². The minimum Gasteiger partial charge on any atom is -0.469 e. The fourth-order valence-electron chi connectivity index (χ4n) is 2.52. The Morgan fingerprint density at radius 2 is 2.12 bits per heavy atom. The third kappa shape index (κ3) is 3.05. The second kappa shape index (κ2) is 6.41. The van der Waals surface area contributed by atoms with Gasteiger partial charge in [-0.1, -0.05) is 18.2 Å². The highest BCUT2D eigenvalue weighted by molar-refractivity contribution is 6.01. The molecule has 3 aromatic rings. The molecular formula is C17H16N4O3. The van der Waals surface area contributed by atoms with Crippen molar-refractivity contribution in [1.29, 1.82) is 0 Å².